The fourth-order valence-corrected chi connectivity index (χ4v) is 9.14. The van der Waals surface area contributed by atoms with Crippen molar-refractivity contribution in [2.75, 3.05) is 45.9 Å². The number of nitrogens with one attached hydrogen (secondary N) is 2. The first kappa shape index (κ1) is 27.9. The lowest BCUT2D eigenvalue weighted by atomic mass is 9.62. The van der Waals surface area contributed by atoms with Crippen molar-refractivity contribution in [3.05, 3.63) is 0 Å². The SMILES string of the molecule is CC1CCC(COC2CCC3C(CCC4C3NC(C)NC4N3CCN(CCOC4CC(C)C4)CC3)C2)CC1. The Balaban J connectivity index is 0.958. The van der Waals surface area contributed by atoms with Crippen LogP contribution in [0.5, 0.6) is 0 Å². The molecule has 6 heteroatoms. The zero-order valence-corrected chi connectivity index (χ0v) is 24.8. The third kappa shape index (κ3) is 6.62. The van der Waals surface area contributed by atoms with Crippen LogP contribution in [-0.2, 0) is 9.47 Å². The number of fused-ring (bicyclic) bond motifs is 3. The third-order valence-electron chi connectivity index (χ3n) is 11.7. The number of hydrogen-bond acceptors (Lipinski definition) is 6. The van der Waals surface area contributed by atoms with Crippen molar-refractivity contribution < 1.29 is 9.47 Å². The van der Waals surface area contributed by atoms with Gasteiger partial charge >= 0.3 is 0 Å². The molecule has 7 unspecified atom stereocenters. The van der Waals surface area contributed by atoms with Gasteiger partial charge in [-0.2, -0.15) is 0 Å². The van der Waals surface area contributed by atoms with Gasteiger partial charge in [0.25, 0.3) is 0 Å². The Labute approximate surface area is 233 Å². The zero-order chi connectivity index (χ0) is 26.1. The van der Waals surface area contributed by atoms with Crippen LogP contribution in [0.4, 0.5) is 0 Å². The van der Waals surface area contributed by atoms with Crippen LogP contribution in [0.25, 0.3) is 0 Å². The summed E-state index contributed by atoms with van der Waals surface area (Å²) in [5, 5.41) is 8.03. The van der Waals surface area contributed by atoms with Crippen LogP contribution in [0, 0.1) is 35.5 Å². The average molecular weight is 531 g/mol. The molecule has 0 spiro atoms. The van der Waals surface area contributed by atoms with Crippen molar-refractivity contribution in [3.63, 3.8) is 0 Å². The molecule has 218 valence electrons. The van der Waals surface area contributed by atoms with Gasteiger partial charge in [-0.15, -0.1) is 0 Å². The van der Waals surface area contributed by atoms with E-state index in [9.17, 15) is 0 Å². The maximum Gasteiger partial charge on any atom is 0.0654 e. The van der Waals surface area contributed by atoms with E-state index in [1.165, 1.54) is 96.8 Å². The normalized spacial score (nSPS) is 46.7. The van der Waals surface area contributed by atoms with Crippen LogP contribution in [0.15, 0.2) is 0 Å². The Morgan fingerprint density at radius 2 is 1.45 bits per heavy atom. The molecule has 0 aromatic rings. The molecule has 0 bridgehead atoms. The van der Waals surface area contributed by atoms with Gasteiger partial charge in [-0.1, -0.05) is 26.7 Å². The van der Waals surface area contributed by atoms with Crippen molar-refractivity contribution in [3.8, 4) is 0 Å². The molecule has 2 N–H and O–H groups in total. The topological polar surface area (TPSA) is 49.0 Å². The molecule has 6 rings (SSSR count). The molecular weight excluding hydrogens is 472 g/mol. The molecule has 2 heterocycles. The van der Waals surface area contributed by atoms with Crippen molar-refractivity contribution in [2.24, 2.45) is 35.5 Å². The highest BCUT2D eigenvalue weighted by atomic mass is 16.5. The summed E-state index contributed by atoms with van der Waals surface area (Å²) < 4.78 is 12.7. The predicted octanol–water partition coefficient (Wildman–Crippen LogP) is 4.69. The number of nitrogens with zero attached hydrogens (tertiary/aromatic N) is 2. The van der Waals surface area contributed by atoms with Gasteiger partial charge in [0.15, 0.2) is 0 Å². The summed E-state index contributed by atoms with van der Waals surface area (Å²) in [5.41, 5.74) is 0. The lowest BCUT2D eigenvalue weighted by Crippen LogP contribution is -2.71. The standard InChI is InChI=1S/C32H58N4O2/c1-22-4-6-25(7-5-22)21-38-27-9-11-29-26(20-27)8-10-30-31(29)33-24(3)34-32(30)36-14-12-35(13-15-36)16-17-37-28-18-23(2)19-28/h22-34H,4-21H2,1-3H3. The van der Waals surface area contributed by atoms with Crippen LogP contribution in [0.2, 0.25) is 0 Å². The Morgan fingerprint density at radius 3 is 2.21 bits per heavy atom. The van der Waals surface area contributed by atoms with Crippen LogP contribution in [-0.4, -0.2) is 86.3 Å². The van der Waals surface area contributed by atoms with Crippen LogP contribution >= 0.6 is 0 Å². The van der Waals surface area contributed by atoms with E-state index < -0.39 is 0 Å². The molecule has 0 radical (unpaired) electrons. The van der Waals surface area contributed by atoms with Crippen LogP contribution in [0.1, 0.15) is 91.4 Å². The summed E-state index contributed by atoms with van der Waals surface area (Å²) in [6.07, 6.45) is 16.9. The van der Waals surface area contributed by atoms with E-state index in [4.69, 9.17) is 9.47 Å². The highest BCUT2D eigenvalue weighted by Gasteiger charge is 2.49. The third-order valence-corrected chi connectivity index (χ3v) is 11.7. The van der Waals surface area contributed by atoms with Gasteiger partial charge in [-0.25, -0.2) is 0 Å². The molecule has 7 atom stereocenters. The molecule has 0 aromatic heterocycles. The molecule has 38 heavy (non-hydrogen) atoms. The average Bonchev–Trinajstić information content (AvgIpc) is 2.91. The van der Waals surface area contributed by atoms with E-state index in [1.54, 1.807) is 0 Å². The fourth-order valence-electron chi connectivity index (χ4n) is 9.14. The molecule has 0 amide bonds. The highest BCUT2D eigenvalue weighted by Crippen LogP contribution is 2.46. The minimum Gasteiger partial charge on any atom is -0.378 e. The smallest absolute Gasteiger partial charge is 0.0654 e. The summed E-state index contributed by atoms with van der Waals surface area (Å²) >= 11 is 0. The van der Waals surface area contributed by atoms with E-state index in [0.717, 1.165) is 55.3 Å². The lowest BCUT2D eigenvalue weighted by Gasteiger charge is -2.56. The number of ether oxygens (including phenoxy) is 2. The fraction of sp³-hybridized carbons (Fsp3) is 1.00. The summed E-state index contributed by atoms with van der Waals surface area (Å²) in [4.78, 5) is 5.42. The van der Waals surface area contributed by atoms with E-state index >= 15 is 0 Å². The van der Waals surface area contributed by atoms with Gasteiger partial charge in [-0.05, 0) is 94.3 Å². The zero-order valence-electron chi connectivity index (χ0n) is 24.8. The molecule has 0 aromatic carbocycles. The maximum absolute atomic E-state index is 6.59. The lowest BCUT2D eigenvalue weighted by molar-refractivity contribution is -0.0769. The van der Waals surface area contributed by atoms with Crippen molar-refractivity contribution in [1.29, 1.82) is 0 Å². The minimum atomic E-state index is 0.402. The summed E-state index contributed by atoms with van der Waals surface area (Å²) in [5.74, 6) is 5.07. The largest absolute Gasteiger partial charge is 0.378 e. The first-order valence-electron chi connectivity index (χ1n) is 16.7. The van der Waals surface area contributed by atoms with E-state index in [0.29, 0.717) is 30.6 Å². The molecule has 4 aliphatic carbocycles. The molecule has 4 saturated carbocycles. The first-order chi connectivity index (χ1) is 18.5. The van der Waals surface area contributed by atoms with Gasteiger partial charge in [0.1, 0.15) is 0 Å². The monoisotopic (exact) mass is 530 g/mol. The number of hydrogen-bond donors (Lipinski definition) is 2. The second-order valence-corrected chi connectivity index (χ2v) is 14.5. The second kappa shape index (κ2) is 12.7. The summed E-state index contributed by atoms with van der Waals surface area (Å²) in [6.45, 7) is 14.9. The Hall–Kier alpha value is -0.240. The van der Waals surface area contributed by atoms with Gasteiger partial charge in [0.2, 0.25) is 0 Å². The summed E-state index contributed by atoms with van der Waals surface area (Å²) in [7, 11) is 0. The molecule has 2 aliphatic heterocycles. The quantitative estimate of drug-likeness (QED) is 0.475. The number of piperazine rings is 1. The maximum atomic E-state index is 6.59. The first-order valence-corrected chi connectivity index (χ1v) is 16.7. The van der Waals surface area contributed by atoms with E-state index in [1.807, 2.05) is 0 Å². The van der Waals surface area contributed by atoms with Crippen LogP contribution < -0.4 is 10.6 Å². The van der Waals surface area contributed by atoms with Gasteiger partial charge < -0.3 is 9.47 Å². The van der Waals surface area contributed by atoms with Crippen molar-refractivity contribution in [2.45, 2.75) is 122 Å². The van der Waals surface area contributed by atoms with Gasteiger partial charge in [0.05, 0.1) is 31.1 Å². The van der Waals surface area contributed by atoms with E-state index in [-0.39, 0.29) is 0 Å². The molecular formula is C32H58N4O2. The van der Waals surface area contributed by atoms with Gasteiger partial charge in [-0.3, -0.25) is 20.4 Å². The Morgan fingerprint density at radius 1 is 0.684 bits per heavy atom. The van der Waals surface area contributed by atoms with Crippen molar-refractivity contribution in [1.82, 2.24) is 20.4 Å². The number of rotatable bonds is 8. The molecule has 2 saturated heterocycles. The Kier molecular flexibility index (Phi) is 9.35. The minimum absolute atomic E-state index is 0.402. The van der Waals surface area contributed by atoms with Gasteiger partial charge in [0, 0.05) is 51.3 Å². The molecule has 6 aliphatic rings. The van der Waals surface area contributed by atoms with Crippen molar-refractivity contribution >= 4 is 0 Å². The predicted molar refractivity (Wildman–Crippen MR) is 154 cm³/mol. The molecule has 6 fully saturated rings. The Bertz CT molecular complexity index is 731. The molecule has 6 nitrogen and oxygen atoms in total. The summed E-state index contributed by atoms with van der Waals surface area (Å²) in [6, 6.07) is 0.673. The van der Waals surface area contributed by atoms with Crippen LogP contribution in [0.3, 0.4) is 0 Å². The highest BCUT2D eigenvalue weighted by molar-refractivity contribution is 5.03. The second-order valence-electron chi connectivity index (χ2n) is 14.5. The van der Waals surface area contributed by atoms with E-state index in [2.05, 4.69) is 41.2 Å².